The van der Waals surface area contributed by atoms with E-state index in [9.17, 15) is 13.0 Å². The molecule has 0 heterocycles. The van der Waals surface area contributed by atoms with Crippen molar-refractivity contribution in [3.05, 3.63) is 34.3 Å². The number of hydrogen-bond acceptors (Lipinski definition) is 3. The molecule has 1 aromatic rings. The summed E-state index contributed by atoms with van der Waals surface area (Å²) < 4.78 is 31.8. The van der Waals surface area contributed by atoms with Crippen LogP contribution in [0, 0.1) is 0 Å². The first kappa shape index (κ1) is 13.6. The molecule has 0 radical (unpaired) electrons. The van der Waals surface area contributed by atoms with Gasteiger partial charge < -0.3 is 4.55 Å². The summed E-state index contributed by atoms with van der Waals surface area (Å²) in [6, 6.07) is 6.73. The molecule has 0 atom stereocenters. The van der Waals surface area contributed by atoms with E-state index in [-0.39, 0.29) is 29.6 Å². The van der Waals surface area contributed by atoms with Crippen LogP contribution < -0.4 is 29.6 Å². The molecule has 0 aliphatic carbocycles. The maximum Gasteiger partial charge on any atom is 1.00 e. The van der Waals surface area contributed by atoms with Gasteiger partial charge in [-0.15, -0.1) is 0 Å². The van der Waals surface area contributed by atoms with E-state index < -0.39 is 15.9 Å². The zero-order chi connectivity index (χ0) is 9.19. The molecule has 13 heavy (non-hydrogen) atoms. The Morgan fingerprint density at radius 2 is 1.85 bits per heavy atom. The fourth-order valence-electron chi connectivity index (χ4n) is 0.806. The normalized spacial score (nSPS) is 10.6. The van der Waals surface area contributed by atoms with Crippen LogP contribution in [0.4, 0.5) is 0 Å². The van der Waals surface area contributed by atoms with Crippen LogP contribution in [0.25, 0.3) is 0 Å². The Bertz CT molecular complexity index is 377. The molecule has 0 bridgehead atoms. The molecule has 3 nitrogen and oxygen atoms in total. The molecule has 0 aliphatic heterocycles. The average Bonchev–Trinajstić information content (AvgIpc) is 1.91. The molecule has 1 aromatic carbocycles. The fourth-order valence-corrected chi connectivity index (χ4v) is 2.05. The van der Waals surface area contributed by atoms with Gasteiger partial charge >= 0.3 is 29.6 Å². The van der Waals surface area contributed by atoms with Gasteiger partial charge in [0.2, 0.25) is 0 Å². The second-order valence-electron chi connectivity index (χ2n) is 2.29. The molecule has 0 fully saturated rings. The molecule has 0 aromatic heterocycles. The van der Waals surface area contributed by atoms with Gasteiger partial charge in [0.05, 0.1) is 15.9 Å². The summed E-state index contributed by atoms with van der Waals surface area (Å²) in [5.41, 5.74) is 0.493. The third-order valence-corrected chi connectivity index (χ3v) is 2.73. The van der Waals surface area contributed by atoms with Gasteiger partial charge in [-0.25, -0.2) is 8.42 Å². The van der Waals surface area contributed by atoms with Gasteiger partial charge in [0.1, 0.15) is 0 Å². The summed E-state index contributed by atoms with van der Waals surface area (Å²) in [5, 5.41) is 0. The first-order valence-electron chi connectivity index (χ1n) is 3.16. The van der Waals surface area contributed by atoms with E-state index in [2.05, 4.69) is 15.9 Å². The second-order valence-corrected chi connectivity index (χ2v) is 4.55. The van der Waals surface area contributed by atoms with Gasteiger partial charge in [-0.1, -0.05) is 34.1 Å². The Hall–Kier alpha value is 0.610. The average molecular weight is 273 g/mol. The standard InChI is InChI=1S/C7H7BrO3S.Na/c8-7-4-2-1-3-6(7)5-12(9,10)11;/h1-4H,5H2,(H,9,10,11);/q;+1/p-1. The van der Waals surface area contributed by atoms with E-state index in [1.54, 1.807) is 24.3 Å². The molecule has 0 unspecified atom stereocenters. The Kier molecular flexibility index (Phi) is 5.74. The summed E-state index contributed by atoms with van der Waals surface area (Å²) >= 11 is 3.15. The van der Waals surface area contributed by atoms with Crippen LogP contribution in [0.1, 0.15) is 5.56 Å². The Morgan fingerprint density at radius 1 is 1.31 bits per heavy atom. The molecule has 0 saturated carbocycles. The van der Waals surface area contributed by atoms with Crippen molar-refractivity contribution < 1.29 is 42.5 Å². The molecule has 0 saturated heterocycles. The monoisotopic (exact) mass is 272 g/mol. The minimum absolute atomic E-state index is 0. The molecular formula is C7H6BrNaO3S. The van der Waals surface area contributed by atoms with Gasteiger partial charge in [-0.3, -0.25) is 0 Å². The largest absolute Gasteiger partial charge is 1.00 e. The summed E-state index contributed by atoms with van der Waals surface area (Å²) in [6.07, 6.45) is 0. The van der Waals surface area contributed by atoms with Crippen molar-refractivity contribution in [1.29, 1.82) is 0 Å². The molecule has 66 valence electrons. The predicted octanol–water partition coefficient (Wildman–Crippen LogP) is -1.50. The van der Waals surface area contributed by atoms with Gasteiger partial charge in [-0.2, -0.15) is 0 Å². The zero-order valence-corrected chi connectivity index (χ0v) is 11.4. The SMILES string of the molecule is O=S(=O)([O-])Cc1ccccc1Br.[Na+]. The van der Waals surface area contributed by atoms with Crippen molar-refractivity contribution in [2.45, 2.75) is 5.75 Å². The molecule has 6 heteroatoms. The van der Waals surface area contributed by atoms with Crippen LogP contribution in [-0.2, 0) is 15.9 Å². The van der Waals surface area contributed by atoms with Crippen molar-refractivity contribution >= 4 is 26.0 Å². The van der Waals surface area contributed by atoms with Crippen LogP contribution in [0.5, 0.6) is 0 Å². The Morgan fingerprint density at radius 3 is 2.31 bits per heavy atom. The van der Waals surface area contributed by atoms with Crippen molar-refractivity contribution in [3.63, 3.8) is 0 Å². The Balaban J connectivity index is 0.00000144. The van der Waals surface area contributed by atoms with Crippen LogP contribution in [0.15, 0.2) is 28.7 Å². The molecular weight excluding hydrogens is 267 g/mol. The minimum Gasteiger partial charge on any atom is -0.748 e. The van der Waals surface area contributed by atoms with Gasteiger partial charge in [-0.05, 0) is 11.6 Å². The number of rotatable bonds is 2. The number of halogens is 1. The summed E-state index contributed by atoms with van der Waals surface area (Å²) in [7, 11) is -4.18. The van der Waals surface area contributed by atoms with Gasteiger partial charge in [0.15, 0.2) is 0 Å². The molecule has 0 aliphatic rings. The number of hydrogen-bond donors (Lipinski definition) is 0. The third-order valence-electron chi connectivity index (χ3n) is 1.29. The fraction of sp³-hybridized carbons (Fsp3) is 0.143. The van der Waals surface area contributed by atoms with Crippen LogP contribution >= 0.6 is 15.9 Å². The van der Waals surface area contributed by atoms with Crippen LogP contribution in [0.2, 0.25) is 0 Å². The van der Waals surface area contributed by atoms with Crippen LogP contribution in [-0.4, -0.2) is 13.0 Å². The predicted molar refractivity (Wildman–Crippen MR) is 47.5 cm³/mol. The van der Waals surface area contributed by atoms with Crippen molar-refractivity contribution in [2.24, 2.45) is 0 Å². The zero-order valence-electron chi connectivity index (χ0n) is 7.03. The van der Waals surface area contributed by atoms with E-state index in [1.807, 2.05) is 0 Å². The Labute approximate surface area is 108 Å². The molecule has 0 spiro atoms. The maximum atomic E-state index is 10.4. The van der Waals surface area contributed by atoms with E-state index in [4.69, 9.17) is 0 Å². The van der Waals surface area contributed by atoms with E-state index in [0.29, 0.717) is 10.0 Å². The van der Waals surface area contributed by atoms with E-state index in [1.165, 1.54) is 0 Å². The van der Waals surface area contributed by atoms with Crippen molar-refractivity contribution in [2.75, 3.05) is 0 Å². The van der Waals surface area contributed by atoms with Crippen molar-refractivity contribution in [3.8, 4) is 0 Å². The summed E-state index contributed by atoms with van der Waals surface area (Å²) in [6.45, 7) is 0. The van der Waals surface area contributed by atoms with Crippen LogP contribution in [0.3, 0.4) is 0 Å². The molecule has 0 N–H and O–H groups in total. The van der Waals surface area contributed by atoms with E-state index in [0.717, 1.165) is 0 Å². The molecule has 0 amide bonds. The van der Waals surface area contributed by atoms with Gasteiger partial charge in [0.25, 0.3) is 0 Å². The smallest absolute Gasteiger partial charge is 0.748 e. The summed E-state index contributed by atoms with van der Waals surface area (Å²) in [4.78, 5) is 0. The molecule has 1 rings (SSSR count). The number of benzene rings is 1. The minimum atomic E-state index is -4.18. The first-order chi connectivity index (χ1) is 5.49. The maximum absolute atomic E-state index is 10.4. The summed E-state index contributed by atoms with van der Waals surface area (Å²) in [5.74, 6) is -0.464. The van der Waals surface area contributed by atoms with E-state index >= 15 is 0 Å². The third kappa shape index (κ3) is 5.15. The topological polar surface area (TPSA) is 57.2 Å². The van der Waals surface area contributed by atoms with Crippen molar-refractivity contribution in [1.82, 2.24) is 0 Å². The van der Waals surface area contributed by atoms with Gasteiger partial charge in [0, 0.05) is 4.47 Å². The first-order valence-corrected chi connectivity index (χ1v) is 5.53. The second kappa shape index (κ2) is 5.48. The quantitative estimate of drug-likeness (QED) is 0.486.